The van der Waals surface area contributed by atoms with E-state index in [1.807, 2.05) is 11.4 Å². The summed E-state index contributed by atoms with van der Waals surface area (Å²) in [7, 11) is 0. The van der Waals surface area contributed by atoms with Gasteiger partial charge in [0, 0.05) is 27.9 Å². The van der Waals surface area contributed by atoms with Gasteiger partial charge in [-0.2, -0.15) is 9.78 Å². The SMILES string of the molecule is Clc1ccc(-c2nnc3n2N=C(c2nccs2)CS3)c(Cl)c1. The van der Waals surface area contributed by atoms with Gasteiger partial charge in [-0.1, -0.05) is 35.0 Å². The van der Waals surface area contributed by atoms with Crippen molar-refractivity contribution in [3.8, 4) is 11.4 Å². The van der Waals surface area contributed by atoms with Crippen molar-refractivity contribution in [1.82, 2.24) is 19.9 Å². The summed E-state index contributed by atoms with van der Waals surface area (Å²) in [6.45, 7) is 0. The van der Waals surface area contributed by atoms with Crippen LogP contribution in [0.2, 0.25) is 10.0 Å². The molecule has 0 saturated carbocycles. The van der Waals surface area contributed by atoms with Crippen molar-refractivity contribution in [2.75, 3.05) is 5.75 Å². The minimum atomic E-state index is 0.518. The Morgan fingerprint density at radius 3 is 2.86 bits per heavy atom. The molecule has 4 rings (SSSR count). The molecule has 1 aromatic carbocycles. The quantitative estimate of drug-likeness (QED) is 0.684. The summed E-state index contributed by atoms with van der Waals surface area (Å²) in [5, 5.41) is 17.7. The molecule has 0 fully saturated rings. The van der Waals surface area contributed by atoms with Crippen LogP contribution < -0.4 is 0 Å². The molecule has 0 radical (unpaired) electrons. The number of rotatable bonds is 2. The molecule has 1 aliphatic heterocycles. The van der Waals surface area contributed by atoms with Crippen LogP contribution in [0, 0.1) is 0 Å². The molecular formula is C13H7Cl2N5S2. The molecule has 3 aromatic rings. The van der Waals surface area contributed by atoms with E-state index in [1.54, 1.807) is 46.1 Å². The van der Waals surface area contributed by atoms with Crippen molar-refractivity contribution in [2.45, 2.75) is 5.16 Å². The smallest absolute Gasteiger partial charge is 0.212 e. The molecule has 0 unspecified atom stereocenters. The molecule has 0 amide bonds. The highest BCUT2D eigenvalue weighted by molar-refractivity contribution is 7.99. The number of thioether (sulfide) groups is 1. The highest BCUT2D eigenvalue weighted by Crippen LogP contribution is 2.33. The first-order chi connectivity index (χ1) is 10.7. The molecule has 0 atom stereocenters. The maximum absolute atomic E-state index is 6.27. The van der Waals surface area contributed by atoms with Crippen molar-refractivity contribution in [3.63, 3.8) is 0 Å². The first-order valence-corrected chi connectivity index (χ1v) is 8.86. The molecule has 5 nitrogen and oxygen atoms in total. The summed E-state index contributed by atoms with van der Waals surface area (Å²) in [5.41, 5.74) is 1.65. The highest BCUT2D eigenvalue weighted by atomic mass is 35.5. The standard InChI is InChI=1S/C13H7Cl2N5S2/c14-7-1-2-8(9(15)5-7)11-17-18-13-20(11)19-10(6-22-13)12-16-3-4-21-12/h1-5H,6H2. The highest BCUT2D eigenvalue weighted by Gasteiger charge is 2.22. The van der Waals surface area contributed by atoms with E-state index in [0.29, 0.717) is 15.9 Å². The molecule has 9 heteroatoms. The third-order valence-corrected chi connectivity index (χ3v) is 5.32. The largest absolute Gasteiger partial charge is 0.243 e. The number of fused-ring (bicyclic) bond motifs is 1. The molecule has 3 heterocycles. The minimum absolute atomic E-state index is 0.518. The Morgan fingerprint density at radius 2 is 2.09 bits per heavy atom. The van der Waals surface area contributed by atoms with Gasteiger partial charge in [-0.3, -0.25) is 0 Å². The molecule has 1 aliphatic rings. The maximum atomic E-state index is 6.27. The Kier molecular flexibility index (Phi) is 3.65. The van der Waals surface area contributed by atoms with Crippen LogP contribution in [0.5, 0.6) is 0 Å². The first kappa shape index (κ1) is 14.2. The zero-order valence-corrected chi connectivity index (χ0v) is 14.0. The lowest BCUT2D eigenvalue weighted by atomic mass is 10.2. The van der Waals surface area contributed by atoms with Crippen LogP contribution in [0.1, 0.15) is 5.01 Å². The van der Waals surface area contributed by atoms with Crippen LogP contribution in [0.15, 0.2) is 40.0 Å². The number of hydrogen-bond donors (Lipinski definition) is 0. The van der Waals surface area contributed by atoms with Crippen molar-refractivity contribution in [2.24, 2.45) is 5.10 Å². The molecule has 2 aromatic heterocycles. The lowest BCUT2D eigenvalue weighted by Crippen LogP contribution is -2.13. The van der Waals surface area contributed by atoms with Gasteiger partial charge in [0.2, 0.25) is 5.16 Å². The third kappa shape index (κ3) is 2.44. The van der Waals surface area contributed by atoms with Crippen LogP contribution >= 0.6 is 46.3 Å². The van der Waals surface area contributed by atoms with E-state index in [9.17, 15) is 0 Å². The minimum Gasteiger partial charge on any atom is -0.243 e. The Labute approximate surface area is 144 Å². The van der Waals surface area contributed by atoms with Crippen molar-refractivity contribution < 1.29 is 0 Å². The fourth-order valence-corrected chi connectivity index (χ4v) is 4.05. The summed E-state index contributed by atoms with van der Waals surface area (Å²) >= 11 is 15.4. The van der Waals surface area contributed by atoms with Crippen LogP contribution in [0.25, 0.3) is 11.4 Å². The van der Waals surface area contributed by atoms with Gasteiger partial charge in [-0.05, 0) is 18.2 Å². The second-order valence-electron chi connectivity index (χ2n) is 4.41. The molecule has 22 heavy (non-hydrogen) atoms. The molecule has 110 valence electrons. The number of benzene rings is 1. The Hall–Kier alpha value is -1.41. The average molecular weight is 368 g/mol. The van der Waals surface area contributed by atoms with Crippen LogP contribution in [0.4, 0.5) is 0 Å². The van der Waals surface area contributed by atoms with E-state index >= 15 is 0 Å². The van der Waals surface area contributed by atoms with Gasteiger partial charge in [0.25, 0.3) is 0 Å². The van der Waals surface area contributed by atoms with Gasteiger partial charge in [0.1, 0.15) is 10.7 Å². The fraction of sp³-hybridized carbons (Fsp3) is 0.0769. The molecule has 0 bridgehead atoms. The van der Waals surface area contributed by atoms with Gasteiger partial charge in [0.15, 0.2) is 5.82 Å². The van der Waals surface area contributed by atoms with Crippen molar-refractivity contribution in [3.05, 3.63) is 44.8 Å². The molecule has 0 spiro atoms. The zero-order chi connectivity index (χ0) is 15.1. The third-order valence-electron chi connectivity index (χ3n) is 3.02. The predicted molar refractivity (Wildman–Crippen MR) is 90.3 cm³/mol. The molecule has 0 aliphatic carbocycles. The number of halogens is 2. The Morgan fingerprint density at radius 1 is 1.18 bits per heavy atom. The summed E-state index contributed by atoms with van der Waals surface area (Å²) in [6, 6.07) is 5.27. The topological polar surface area (TPSA) is 56.0 Å². The zero-order valence-electron chi connectivity index (χ0n) is 10.9. The summed E-state index contributed by atoms with van der Waals surface area (Å²) < 4.78 is 1.71. The summed E-state index contributed by atoms with van der Waals surface area (Å²) in [5.74, 6) is 1.32. The number of thiazole rings is 1. The van der Waals surface area contributed by atoms with Crippen molar-refractivity contribution in [1.29, 1.82) is 0 Å². The number of aromatic nitrogens is 4. The van der Waals surface area contributed by atoms with Gasteiger partial charge in [-0.15, -0.1) is 21.5 Å². The van der Waals surface area contributed by atoms with E-state index in [2.05, 4.69) is 20.3 Å². The monoisotopic (exact) mass is 367 g/mol. The van der Waals surface area contributed by atoms with Gasteiger partial charge in [0.05, 0.1) is 5.02 Å². The van der Waals surface area contributed by atoms with Crippen LogP contribution in [-0.2, 0) is 0 Å². The Balaban J connectivity index is 1.84. The summed E-state index contributed by atoms with van der Waals surface area (Å²) in [4.78, 5) is 4.31. The van der Waals surface area contributed by atoms with E-state index in [0.717, 1.165) is 27.2 Å². The normalized spacial score (nSPS) is 13.8. The second-order valence-corrected chi connectivity index (χ2v) is 7.10. The van der Waals surface area contributed by atoms with E-state index < -0.39 is 0 Å². The first-order valence-electron chi connectivity index (χ1n) is 6.24. The summed E-state index contributed by atoms with van der Waals surface area (Å²) in [6.07, 6.45) is 1.77. The van der Waals surface area contributed by atoms with Gasteiger partial charge in [-0.25, -0.2) is 4.98 Å². The molecule has 0 saturated heterocycles. The fourth-order valence-electron chi connectivity index (χ4n) is 2.04. The average Bonchev–Trinajstić information content (AvgIpc) is 3.16. The predicted octanol–water partition coefficient (Wildman–Crippen LogP) is 4.07. The van der Waals surface area contributed by atoms with Crippen LogP contribution in [0.3, 0.4) is 0 Å². The van der Waals surface area contributed by atoms with Crippen molar-refractivity contribution >= 4 is 52.0 Å². The van der Waals surface area contributed by atoms with E-state index in [1.165, 1.54) is 0 Å². The molecular weight excluding hydrogens is 361 g/mol. The number of nitrogens with zero attached hydrogens (tertiary/aromatic N) is 5. The second kappa shape index (κ2) is 5.66. The maximum Gasteiger partial charge on any atom is 0.212 e. The van der Waals surface area contributed by atoms with Gasteiger partial charge >= 0.3 is 0 Å². The lowest BCUT2D eigenvalue weighted by molar-refractivity contribution is 0.762. The van der Waals surface area contributed by atoms with Crippen LogP contribution in [-0.4, -0.2) is 31.3 Å². The lowest BCUT2D eigenvalue weighted by Gasteiger charge is -2.12. The van der Waals surface area contributed by atoms with E-state index in [-0.39, 0.29) is 0 Å². The number of hydrogen-bond acceptors (Lipinski definition) is 6. The Bertz CT molecular complexity index is 873. The molecule has 0 N–H and O–H groups in total. The van der Waals surface area contributed by atoms with Gasteiger partial charge < -0.3 is 0 Å². The van der Waals surface area contributed by atoms with E-state index in [4.69, 9.17) is 23.2 Å².